The molecule has 1 aromatic carbocycles. The van der Waals surface area contributed by atoms with Gasteiger partial charge in [0.2, 0.25) is 0 Å². The van der Waals surface area contributed by atoms with Crippen LogP contribution in [-0.4, -0.2) is 30.8 Å². The van der Waals surface area contributed by atoms with Crippen molar-refractivity contribution in [3.8, 4) is 17.1 Å². The Morgan fingerprint density at radius 3 is 2.54 bits per heavy atom. The predicted molar refractivity (Wildman–Crippen MR) is 102 cm³/mol. The number of hydrogen-bond acceptors (Lipinski definition) is 5. The van der Waals surface area contributed by atoms with Gasteiger partial charge in [-0.1, -0.05) is 35.9 Å². The van der Waals surface area contributed by atoms with Gasteiger partial charge in [0.1, 0.15) is 5.78 Å². The number of benzene rings is 1. The molecule has 1 saturated carbocycles. The van der Waals surface area contributed by atoms with Gasteiger partial charge in [-0.25, -0.2) is 0 Å². The maximum atomic E-state index is 12.3. The van der Waals surface area contributed by atoms with Crippen LogP contribution in [0.4, 0.5) is 0 Å². The van der Waals surface area contributed by atoms with Crippen molar-refractivity contribution in [1.82, 2.24) is 19.7 Å². The Morgan fingerprint density at radius 1 is 1.04 bits per heavy atom. The van der Waals surface area contributed by atoms with E-state index in [1.165, 1.54) is 17.3 Å². The number of aromatic nitrogens is 4. The van der Waals surface area contributed by atoms with Crippen molar-refractivity contribution in [2.75, 3.05) is 0 Å². The predicted octanol–water partition coefficient (Wildman–Crippen LogP) is 4.24. The first kappa shape index (κ1) is 17.0. The zero-order valence-electron chi connectivity index (χ0n) is 14.6. The van der Waals surface area contributed by atoms with Crippen molar-refractivity contribution in [2.45, 2.75) is 43.0 Å². The third-order valence-electron chi connectivity index (χ3n) is 4.61. The van der Waals surface area contributed by atoms with E-state index < -0.39 is 0 Å². The van der Waals surface area contributed by atoms with Gasteiger partial charge < -0.3 is 0 Å². The summed E-state index contributed by atoms with van der Waals surface area (Å²) < 4.78 is 2.04. The fourth-order valence-corrected chi connectivity index (χ4v) is 4.34. The number of thioether (sulfide) groups is 1. The lowest BCUT2D eigenvalue weighted by Gasteiger charge is -2.20. The molecule has 1 fully saturated rings. The topological polar surface area (TPSA) is 60.7 Å². The number of carbonyl (C=O) groups is 1. The third-order valence-corrected chi connectivity index (χ3v) is 5.87. The first-order chi connectivity index (χ1) is 12.7. The van der Waals surface area contributed by atoms with E-state index in [1.807, 2.05) is 16.7 Å². The van der Waals surface area contributed by atoms with Gasteiger partial charge in [-0.3, -0.25) is 14.3 Å². The van der Waals surface area contributed by atoms with Gasteiger partial charge in [0, 0.05) is 30.1 Å². The third kappa shape index (κ3) is 3.42. The molecule has 0 bridgehead atoms. The van der Waals surface area contributed by atoms with Gasteiger partial charge in [-0.15, -0.1) is 10.2 Å². The summed E-state index contributed by atoms with van der Waals surface area (Å²) in [5, 5.41) is 9.59. The number of rotatable bonds is 4. The summed E-state index contributed by atoms with van der Waals surface area (Å²) in [4.78, 5) is 16.4. The van der Waals surface area contributed by atoms with E-state index in [0.29, 0.717) is 12.2 Å². The fourth-order valence-electron chi connectivity index (χ4n) is 3.16. The molecule has 0 amide bonds. The second-order valence-corrected chi connectivity index (χ2v) is 7.70. The Labute approximate surface area is 156 Å². The van der Waals surface area contributed by atoms with Gasteiger partial charge >= 0.3 is 0 Å². The summed E-state index contributed by atoms with van der Waals surface area (Å²) in [6.07, 6.45) is 7.19. The molecule has 1 atom stereocenters. The molecule has 132 valence electrons. The first-order valence-electron chi connectivity index (χ1n) is 8.84. The molecule has 1 unspecified atom stereocenters. The molecule has 1 aliphatic rings. The van der Waals surface area contributed by atoms with Gasteiger partial charge in [0.15, 0.2) is 11.0 Å². The summed E-state index contributed by atoms with van der Waals surface area (Å²) in [6, 6.07) is 12.1. The Kier molecular flexibility index (Phi) is 4.84. The van der Waals surface area contributed by atoms with Crippen LogP contribution in [0.2, 0.25) is 0 Å². The average Bonchev–Trinajstić information content (AvgIpc) is 3.09. The molecule has 5 nitrogen and oxygen atoms in total. The van der Waals surface area contributed by atoms with E-state index in [2.05, 4.69) is 46.4 Å². The van der Waals surface area contributed by atoms with Crippen LogP contribution in [0.1, 0.15) is 31.2 Å². The van der Waals surface area contributed by atoms with Crippen LogP contribution >= 0.6 is 11.8 Å². The number of Topliss-reactive ketones (excluding diaryl/α,β-unsaturated/α-hetero) is 1. The van der Waals surface area contributed by atoms with E-state index in [1.54, 1.807) is 12.4 Å². The highest BCUT2D eigenvalue weighted by Gasteiger charge is 2.26. The van der Waals surface area contributed by atoms with Crippen molar-refractivity contribution < 1.29 is 4.79 Å². The molecule has 0 saturated heterocycles. The molecule has 2 heterocycles. The number of nitrogens with zero attached hydrogens (tertiary/aromatic N) is 4. The van der Waals surface area contributed by atoms with Crippen molar-refractivity contribution >= 4 is 17.5 Å². The first-order valence-corrected chi connectivity index (χ1v) is 9.72. The number of hydrogen-bond donors (Lipinski definition) is 0. The van der Waals surface area contributed by atoms with E-state index in [-0.39, 0.29) is 5.25 Å². The Bertz CT molecular complexity index is 905. The molecule has 0 N–H and O–H groups in total. The standard InChI is InChI=1S/C20H20N4OS/c1-14-6-8-16(9-7-14)24-19(15-10-12-21-13-11-15)22-23-20(24)26-18-5-3-2-4-17(18)25/h6-13,18H,2-5H2,1H3. The SMILES string of the molecule is Cc1ccc(-n2c(SC3CCCCC3=O)nnc2-c2ccncc2)cc1. The van der Waals surface area contributed by atoms with Gasteiger partial charge in [0.05, 0.1) is 5.25 Å². The van der Waals surface area contributed by atoms with Crippen LogP contribution < -0.4 is 0 Å². The van der Waals surface area contributed by atoms with Crippen LogP contribution in [0.5, 0.6) is 0 Å². The average molecular weight is 364 g/mol. The minimum atomic E-state index is -0.0255. The fraction of sp³-hybridized carbons (Fsp3) is 0.300. The molecule has 2 aromatic heterocycles. The second-order valence-electron chi connectivity index (χ2n) is 6.53. The highest BCUT2D eigenvalue weighted by molar-refractivity contribution is 8.00. The maximum Gasteiger partial charge on any atom is 0.196 e. The molecule has 0 spiro atoms. The quantitative estimate of drug-likeness (QED) is 0.693. The summed E-state index contributed by atoms with van der Waals surface area (Å²) in [7, 11) is 0. The van der Waals surface area contributed by atoms with Gasteiger partial charge in [-0.2, -0.15) is 0 Å². The summed E-state index contributed by atoms with van der Waals surface area (Å²) >= 11 is 1.54. The van der Waals surface area contributed by atoms with Crippen LogP contribution in [0, 0.1) is 6.92 Å². The number of carbonyl (C=O) groups excluding carboxylic acids is 1. The molecule has 4 rings (SSSR count). The Balaban J connectivity index is 1.77. The van der Waals surface area contributed by atoms with Crippen LogP contribution in [0.25, 0.3) is 17.1 Å². The van der Waals surface area contributed by atoms with E-state index in [9.17, 15) is 4.79 Å². The summed E-state index contributed by atoms with van der Waals surface area (Å²) in [5.41, 5.74) is 3.15. The smallest absolute Gasteiger partial charge is 0.196 e. The second kappa shape index (κ2) is 7.41. The number of aryl methyl sites for hydroxylation is 1. The molecule has 6 heteroatoms. The molecule has 26 heavy (non-hydrogen) atoms. The zero-order chi connectivity index (χ0) is 17.9. The van der Waals surface area contributed by atoms with E-state index in [4.69, 9.17) is 0 Å². The lowest BCUT2D eigenvalue weighted by molar-refractivity contribution is -0.119. The summed E-state index contributed by atoms with van der Waals surface area (Å²) in [6.45, 7) is 2.07. The zero-order valence-corrected chi connectivity index (χ0v) is 15.4. The Hall–Kier alpha value is -2.47. The van der Waals surface area contributed by atoms with E-state index in [0.717, 1.165) is 41.5 Å². The highest BCUT2D eigenvalue weighted by Crippen LogP contribution is 2.34. The largest absolute Gasteiger partial charge is 0.298 e. The lowest BCUT2D eigenvalue weighted by Crippen LogP contribution is -2.21. The van der Waals surface area contributed by atoms with Crippen LogP contribution in [-0.2, 0) is 4.79 Å². The van der Waals surface area contributed by atoms with E-state index >= 15 is 0 Å². The molecular weight excluding hydrogens is 344 g/mol. The Morgan fingerprint density at radius 2 is 1.81 bits per heavy atom. The van der Waals surface area contributed by atoms with Crippen molar-refractivity contribution in [3.05, 3.63) is 54.4 Å². The maximum absolute atomic E-state index is 12.3. The van der Waals surface area contributed by atoms with Crippen molar-refractivity contribution in [2.24, 2.45) is 0 Å². The summed E-state index contributed by atoms with van der Waals surface area (Å²) in [5.74, 6) is 1.09. The lowest BCUT2D eigenvalue weighted by atomic mass is 9.99. The molecular formula is C20H20N4OS. The van der Waals surface area contributed by atoms with Crippen LogP contribution in [0.15, 0.2) is 53.9 Å². The number of pyridine rings is 1. The molecule has 1 aliphatic carbocycles. The molecule has 3 aromatic rings. The minimum Gasteiger partial charge on any atom is -0.298 e. The normalized spacial score (nSPS) is 17.4. The highest BCUT2D eigenvalue weighted by atomic mass is 32.2. The number of ketones is 1. The molecule has 0 aliphatic heterocycles. The van der Waals surface area contributed by atoms with Gasteiger partial charge in [-0.05, 0) is 44.0 Å². The minimum absolute atomic E-state index is 0.0255. The molecule has 0 radical (unpaired) electrons. The van der Waals surface area contributed by atoms with Gasteiger partial charge in [0.25, 0.3) is 0 Å². The monoisotopic (exact) mass is 364 g/mol. The van der Waals surface area contributed by atoms with Crippen molar-refractivity contribution in [1.29, 1.82) is 0 Å². The van der Waals surface area contributed by atoms with Crippen molar-refractivity contribution in [3.63, 3.8) is 0 Å². The van der Waals surface area contributed by atoms with Crippen LogP contribution in [0.3, 0.4) is 0 Å².